The molecule has 7 nitrogen and oxygen atoms in total. The van der Waals surface area contributed by atoms with E-state index in [9.17, 15) is 4.79 Å². The third kappa shape index (κ3) is 4.13. The molecule has 1 aliphatic heterocycles. The van der Waals surface area contributed by atoms with Crippen molar-refractivity contribution in [2.75, 3.05) is 27.9 Å². The molecule has 0 spiro atoms. The van der Waals surface area contributed by atoms with Gasteiger partial charge in [0.1, 0.15) is 11.5 Å². The first kappa shape index (κ1) is 20.5. The molecule has 2 aromatic rings. The van der Waals surface area contributed by atoms with Gasteiger partial charge in [0.05, 0.1) is 39.7 Å². The zero-order chi connectivity index (χ0) is 21.0. The maximum Gasteiger partial charge on any atom is 0.240 e. The van der Waals surface area contributed by atoms with Gasteiger partial charge in [-0.05, 0) is 36.8 Å². The van der Waals surface area contributed by atoms with Gasteiger partial charge in [0.2, 0.25) is 5.91 Å². The molecule has 29 heavy (non-hydrogen) atoms. The van der Waals surface area contributed by atoms with Crippen LogP contribution in [-0.2, 0) is 4.79 Å². The van der Waals surface area contributed by atoms with E-state index in [0.29, 0.717) is 36.0 Å². The molecule has 1 amide bonds. The van der Waals surface area contributed by atoms with Crippen molar-refractivity contribution < 1.29 is 23.7 Å². The van der Waals surface area contributed by atoms with Crippen LogP contribution in [0.1, 0.15) is 37.4 Å². The Hall–Kier alpha value is -3.22. The fourth-order valence-electron chi connectivity index (χ4n) is 3.43. The molecule has 1 unspecified atom stereocenters. The van der Waals surface area contributed by atoms with Crippen molar-refractivity contribution in [3.05, 3.63) is 47.5 Å². The molecule has 1 aliphatic rings. The van der Waals surface area contributed by atoms with Gasteiger partial charge in [-0.1, -0.05) is 6.07 Å². The van der Waals surface area contributed by atoms with E-state index in [1.807, 2.05) is 43.3 Å². The van der Waals surface area contributed by atoms with E-state index in [0.717, 1.165) is 16.8 Å². The fourth-order valence-corrected chi connectivity index (χ4v) is 3.43. The van der Waals surface area contributed by atoms with Crippen LogP contribution in [0.3, 0.4) is 0 Å². The molecule has 1 atom stereocenters. The summed E-state index contributed by atoms with van der Waals surface area (Å²) in [6.07, 6.45) is 0.555. The van der Waals surface area contributed by atoms with E-state index in [1.54, 1.807) is 21.3 Å². The minimum Gasteiger partial charge on any atom is -0.497 e. The Balaban J connectivity index is 1.97. The maximum atomic E-state index is 12.3. The molecule has 0 bridgehead atoms. The molecule has 2 aromatic carbocycles. The number of amides is 1. The van der Waals surface area contributed by atoms with Crippen LogP contribution in [0, 0.1) is 0 Å². The minimum absolute atomic E-state index is 0.134. The molecule has 0 aliphatic carbocycles. The van der Waals surface area contributed by atoms with Gasteiger partial charge >= 0.3 is 0 Å². The highest BCUT2D eigenvalue weighted by atomic mass is 16.5. The second-order valence-corrected chi connectivity index (χ2v) is 6.54. The summed E-state index contributed by atoms with van der Waals surface area (Å²) < 4.78 is 21.9. The summed E-state index contributed by atoms with van der Waals surface area (Å²) in [5, 5.41) is 6.11. The highest BCUT2D eigenvalue weighted by Gasteiger charge is 2.33. The molecular weight excluding hydrogens is 372 g/mol. The van der Waals surface area contributed by atoms with E-state index < -0.39 is 0 Å². The Labute approximate surface area is 170 Å². The normalized spacial score (nSPS) is 15.7. The van der Waals surface area contributed by atoms with Gasteiger partial charge < -0.3 is 18.9 Å². The van der Waals surface area contributed by atoms with Gasteiger partial charge in [0.25, 0.3) is 0 Å². The molecular formula is C22H26N2O5. The molecule has 3 rings (SSSR count). The second-order valence-electron chi connectivity index (χ2n) is 6.54. The minimum atomic E-state index is -0.237. The molecule has 0 radical (unpaired) electrons. The Morgan fingerprint density at radius 1 is 1.03 bits per heavy atom. The molecule has 0 fully saturated rings. The highest BCUT2D eigenvalue weighted by Crippen LogP contribution is 2.39. The first-order valence-corrected chi connectivity index (χ1v) is 9.42. The quantitative estimate of drug-likeness (QED) is 0.709. The number of carbonyl (C=O) groups excluding carboxylic acids is 1. The summed E-state index contributed by atoms with van der Waals surface area (Å²) >= 11 is 0. The number of hydrogen-bond acceptors (Lipinski definition) is 6. The Morgan fingerprint density at radius 3 is 2.41 bits per heavy atom. The van der Waals surface area contributed by atoms with Crippen molar-refractivity contribution in [2.45, 2.75) is 26.3 Å². The Bertz CT molecular complexity index is 925. The zero-order valence-corrected chi connectivity index (χ0v) is 17.4. The van der Waals surface area contributed by atoms with Gasteiger partial charge in [-0.3, -0.25) is 4.79 Å². The standard InChI is InChI=1S/C22H26N2O5/c1-6-29-20-10-7-15(11-22(20)28-5)19-13-18(23-24(19)14(2)25)17-9-8-16(26-3)12-21(17)27-4/h7-12,19H,6,13H2,1-5H3. The Morgan fingerprint density at radius 2 is 1.79 bits per heavy atom. The zero-order valence-electron chi connectivity index (χ0n) is 17.4. The number of ether oxygens (including phenoxy) is 4. The number of benzene rings is 2. The van der Waals surface area contributed by atoms with Gasteiger partial charge in [0, 0.05) is 25.0 Å². The average Bonchev–Trinajstić information content (AvgIpc) is 3.19. The SMILES string of the molecule is CCOc1ccc(C2CC(c3ccc(OC)cc3OC)=NN2C(C)=O)cc1OC. The van der Waals surface area contributed by atoms with Crippen LogP contribution in [0.4, 0.5) is 0 Å². The number of methoxy groups -OCH3 is 3. The van der Waals surface area contributed by atoms with Gasteiger partial charge in [-0.15, -0.1) is 0 Å². The largest absolute Gasteiger partial charge is 0.497 e. The van der Waals surface area contributed by atoms with Crippen LogP contribution < -0.4 is 18.9 Å². The molecule has 0 aromatic heterocycles. The van der Waals surface area contributed by atoms with Crippen LogP contribution in [0.15, 0.2) is 41.5 Å². The number of hydrogen-bond donors (Lipinski definition) is 0. The molecule has 1 heterocycles. The summed E-state index contributed by atoms with van der Waals surface area (Å²) in [6, 6.07) is 11.0. The highest BCUT2D eigenvalue weighted by molar-refractivity contribution is 6.05. The maximum absolute atomic E-state index is 12.3. The molecule has 154 valence electrons. The lowest BCUT2D eigenvalue weighted by Gasteiger charge is -2.21. The number of rotatable bonds is 7. The van der Waals surface area contributed by atoms with E-state index in [-0.39, 0.29) is 11.9 Å². The summed E-state index contributed by atoms with van der Waals surface area (Å²) in [4.78, 5) is 12.3. The second kappa shape index (κ2) is 8.86. The summed E-state index contributed by atoms with van der Waals surface area (Å²) in [6.45, 7) is 3.98. The van der Waals surface area contributed by atoms with Crippen molar-refractivity contribution in [3.8, 4) is 23.0 Å². The lowest BCUT2D eigenvalue weighted by Crippen LogP contribution is -2.24. The van der Waals surface area contributed by atoms with Crippen LogP contribution in [0.5, 0.6) is 23.0 Å². The van der Waals surface area contributed by atoms with Crippen LogP contribution >= 0.6 is 0 Å². The molecule has 7 heteroatoms. The van der Waals surface area contributed by atoms with E-state index in [4.69, 9.17) is 18.9 Å². The topological polar surface area (TPSA) is 69.6 Å². The lowest BCUT2D eigenvalue weighted by atomic mass is 9.97. The number of carbonyl (C=O) groups is 1. The first-order valence-electron chi connectivity index (χ1n) is 9.42. The summed E-state index contributed by atoms with van der Waals surface area (Å²) in [5.74, 6) is 2.51. The van der Waals surface area contributed by atoms with Crippen LogP contribution in [0.2, 0.25) is 0 Å². The van der Waals surface area contributed by atoms with Crippen LogP contribution in [-0.4, -0.2) is 44.6 Å². The summed E-state index contributed by atoms with van der Waals surface area (Å²) in [5.41, 5.74) is 2.53. The molecule has 0 N–H and O–H groups in total. The molecule has 0 saturated carbocycles. The monoisotopic (exact) mass is 398 g/mol. The third-order valence-corrected chi connectivity index (χ3v) is 4.82. The third-order valence-electron chi connectivity index (χ3n) is 4.82. The van der Waals surface area contributed by atoms with Crippen LogP contribution in [0.25, 0.3) is 0 Å². The number of nitrogens with zero attached hydrogens (tertiary/aromatic N) is 2. The van der Waals surface area contributed by atoms with Crippen molar-refractivity contribution in [1.29, 1.82) is 0 Å². The number of hydrazone groups is 1. The average molecular weight is 398 g/mol. The molecule has 0 saturated heterocycles. The van der Waals surface area contributed by atoms with Crippen molar-refractivity contribution >= 4 is 11.6 Å². The Kier molecular flexibility index (Phi) is 6.26. The van der Waals surface area contributed by atoms with Crippen molar-refractivity contribution in [1.82, 2.24) is 5.01 Å². The van der Waals surface area contributed by atoms with Crippen molar-refractivity contribution in [2.24, 2.45) is 5.10 Å². The van der Waals surface area contributed by atoms with E-state index >= 15 is 0 Å². The lowest BCUT2D eigenvalue weighted by molar-refractivity contribution is -0.130. The first-order chi connectivity index (χ1) is 14.0. The van der Waals surface area contributed by atoms with E-state index in [2.05, 4.69) is 5.10 Å². The predicted molar refractivity (Wildman–Crippen MR) is 110 cm³/mol. The van der Waals surface area contributed by atoms with Gasteiger partial charge in [-0.2, -0.15) is 5.10 Å². The van der Waals surface area contributed by atoms with Gasteiger partial charge in [0.15, 0.2) is 11.5 Å². The van der Waals surface area contributed by atoms with Gasteiger partial charge in [-0.25, -0.2) is 5.01 Å². The van der Waals surface area contributed by atoms with Crippen molar-refractivity contribution in [3.63, 3.8) is 0 Å². The smallest absolute Gasteiger partial charge is 0.240 e. The predicted octanol–water partition coefficient (Wildman–Crippen LogP) is 3.81. The van der Waals surface area contributed by atoms with E-state index in [1.165, 1.54) is 11.9 Å². The fraction of sp³-hybridized carbons (Fsp3) is 0.364. The summed E-state index contributed by atoms with van der Waals surface area (Å²) in [7, 11) is 4.81.